The lowest BCUT2D eigenvalue weighted by atomic mass is 9.93. The molecular formula is C15H20N4O2S. The molecule has 1 aliphatic heterocycles. The van der Waals surface area contributed by atoms with Crippen LogP contribution in [0.5, 0.6) is 0 Å². The van der Waals surface area contributed by atoms with Crippen LogP contribution in [0.2, 0.25) is 0 Å². The zero-order chi connectivity index (χ0) is 15.6. The maximum atomic E-state index is 11.7. The molecule has 1 atom stereocenters. The molecule has 6 nitrogen and oxygen atoms in total. The van der Waals surface area contributed by atoms with E-state index in [1.165, 1.54) is 6.26 Å². The fourth-order valence-electron chi connectivity index (χ4n) is 2.93. The van der Waals surface area contributed by atoms with Crippen molar-refractivity contribution in [3.8, 4) is 11.4 Å². The molecule has 1 N–H and O–H groups in total. The summed E-state index contributed by atoms with van der Waals surface area (Å²) in [5, 5.41) is 6.81. The highest BCUT2D eigenvalue weighted by Crippen LogP contribution is 2.23. The van der Waals surface area contributed by atoms with Gasteiger partial charge < -0.3 is 0 Å². The number of piperidine rings is 1. The van der Waals surface area contributed by atoms with E-state index in [1.807, 2.05) is 18.3 Å². The maximum absolute atomic E-state index is 11.7. The van der Waals surface area contributed by atoms with Gasteiger partial charge in [-0.05, 0) is 42.9 Å². The van der Waals surface area contributed by atoms with Gasteiger partial charge in [0.2, 0.25) is 10.0 Å². The molecule has 3 heterocycles. The van der Waals surface area contributed by atoms with E-state index in [4.69, 9.17) is 0 Å². The van der Waals surface area contributed by atoms with Gasteiger partial charge in [0.05, 0.1) is 17.6 Å². The summed E-state index contributed by atoms with van der Waals surface area (Å²) >= 11 is 0. The van der Waals surface area contributed by atoms with Crippen molar-refractivity contribution >= 4 is 10.0 Å². The van der Waals surface area contributed by atoms with Gasteiger partial charge in [-0.2, -0.15) is 5.10 Å². The molecule has 2 aromatic heterocycles. The highest BCUT2D eigenvalue weighted by molar-refractivity contribution is 7.88. The van der Waals surface area contributed by atoms with Crippen LogP contribution < -0.4 is 0 Å². The van der Waals surface area contributed by atoms with Crippen molar-refractivity contribution in [3.05, 3.63) is 36.2 Å². The second-order valence-corrected chi connectivity index (χ2v) is 7.84. The van der Waals surface area contributed by atoms with Gasteiger partial charge in [0.1, 0.15) is 0 Å². The molecule has 3 rings (SSSR count). The van der Waals surface area contributed by atoms with Crippen LogP contribution in [0.15, 0.2) is 30.6 Å². The Morgan fingerprint density at radius 1 is 1.36 bits per heavy atom. The van der Waals surface area contributed by atoms with Crippen LogP contribution in [-0.2, 0) is 16.4 Å². The smallest absolute Gasteiger partial charge is 0.211 e. The van der Waals surface area contributed by atoms with E-state index in [2.05, 4.69) is 21.2 Å². The van der Waals surface area contributed by atoms with Crippen molar-refractivity contribution in [2.24, 2.45) is 5.92 Å². The van der Waals surface area contributed by atoms with E-state index in [0.29, 0.717) is 19.0 Å². The summed E-state index contributed by atoms with van der Waals surface area (Å²) in [6.45, 7) is 1.26. The number of H-pyrrole nitrogens is 1. The number of aromatic amines is 1. The third-order valence-electron chi connectivity index (χ3n) is 4.08. The third-order valence-corrected chi connectivity index (χ3v) is 5.35. The van der Waals surface area contributed by atoms with Crippen molar-refractivity contribution in [1.82, 2.24) is 19.5 Å². The zero-order valence-corrected chi connectivity index (χ0v) is 13.4. The normalized spacial score (nSPS) is 20.1. The zero-order valence-electron chi connectivity index (χ0n) is 12.6. The maximum Gasteiger partial charge on any atom is 0.211 e. The van der Waals surface area contributed by atoms with Gasteiger partial charge in [0.25, 0.3) is 0 Å². The van der Waals surface area contributed by atoms with E-state index in [0.717, 1.165) is 36.2 Å². The van der Waals surface area contributed by atoms with Gasteiger partial charge in [0, 0.05) is 25.5 Å². The molecule has 1 saturated heterocycles. The molecule has 2 aromatic rings. The SMILES string of the molecule is CS(=O)(=O)N1CCC[C@H](Cc2ccc(-c3ccn[nH]3)nc2)C1. The number of nitrogens with one attached hydrogen (secondary N) is 1. The minimum Gasteiger partial charge on any atom is -0.276 e. The summed E-state index contributed by atoms with van der Waals surface area (Å²) in [6, 6.07) is 5.91. The fourth-order valence-corrected chi connectivity index (χ4v) is 3.87. The van der Waals surface area contributed by atoms with Gasteiger partial charge in [0.15, 0.2) is 0 Å². The monoisotopic (exact) mass is 320 g/mol. The predicted octanol–water partition coefficient (Wildman–Crippen LogP) is 1.69. The summed E-state index contributed by atoms with van der Waals surface area (Å²) < 4.78 is 24.9. The molecule has 0 amide bonds. The van der Waals surface area contributed by atoms with Crippen LogP contribution in [0.1, 0.15) is 18.4 Å². The van der Waals surface area contributed by atoms with Crippen LogP contribution in [0.25, 0.3) is 11.4 Å². The number of rotatable bonds is 4. The Bertz CT molecular complexity index is 711. The molecule has 0 spiro atoms. The summed E-state index contributed by atoms with van der Waals surface area (Å²) in [5.41, 5.74) is 2.90. The minimum absolute atomic E-state index is 0.364. The largest absolute Gasteiger partial charge is 0.276 e. The van der Waals surface area contributed by atoms with E-state index in [9.17, 15) is 8.42 Å². The van der Waals surface area contributed by atoms with Gasteiger partial charge >= 0.3 is 0 Å². The van der Waals surface area contributed by atoms with Crippen molar-refractivity contribution in [1.29, 1.82) is 0 Å². The molecule has 0 aliphatic carbocycles. The second kappa shape index (κ2) is 6.18. The highest BCUT2D eigenvalue weighted by atomic mass is 32.2. The van der Waals surface area contributed by atoms with Crippen molar-refractivity contribution in [2.45, 2.75) is 19.3 Å². The molecule has 1 aliphatic rings. The average Bonchev–Trinajstić information content (AvgIpc) is 3.02. The molecule has 22 heavy (non-hydrogen) atoms. The number of aromatic nitrogens is 3. The van der Waals surface area contributed by atoms with E-state index in [1.54, 1.807) is 10.5 Å². The van der Waals surface area contributed by atoms with Crippen molar-refractivity contribution < 1.29 is 8.42 Å². The number of hydrogen-bond donors (Lipinski definition) is 1. The van der Waals surface area contributed by atoms with Crippen LogP contribution in [0, 0.1) is 5.92 Å². The lowest BCUT2D eigenvalue weighted by Crippen LogP contribution is -2.39. The van der Waals surface area contributed by atoms with E-state index >= 15 is 0 Å². The minimum atomic E-state index is -3.08. The van der Waals surface area contributed by atoms with Gasteiger partial charge in [-0.25, -0.2) is 12.7 Å². The number of pyridine rings is 1. The van der Waals surface area contributed by atoms with Gasteiger partial charge in [-0.15, -0.1) is 0 Å². The van der Waals surface area contributed by atoms with Crippen LogP contribution in [0.4, 0.5) is 0 Å². The van der Waals surface area contributed by atoms with Crippen LogP contribution >= 0.6 is 0 Å². The average molecular weight is 320 g/mol. The standard InChI is InChI=1S/C15H20N4O2S/c1-22(20,21)19-8-2-3-13(11-19)9-12-4-5-14(16-10-12)15-6-7-17-18-15/h4-7,10,13H,2-3,8-9,11H2,1H3,(H,17,18)/t13-/m1/s1. The first-order valence-electron chi connectivity index (χ1n) is 7.42. The lowest BCUT2D eigenvalue weighted by Gasteiger charge is -2.30. The summed E-state index contributed by atoms with van der Waals surface area (Å²) in [4.78, 5) is 4.45. The van der Waals surface area contributed by atoms with Gasteiger partial charge in [-0.3, -0.25) is 10.1 Å². The van der Waals surface area contributed by atoms with E-state index < -0.39 is 10.0 Å². The Morgan fingerprint density at radius 3 is 2.86 bits per heavy atom. The number of nitrogens with zero attached hydrogens (tertiary/aromatic N) is 3. The Kier molecular flexibility index (Phi) is 4.26. The van der Waals surface area contributed by atoms with Gasteiger partial charge in [-0.1, -0.05) is 6.07 Å². The Labute approximate surface area is 130 Å². The molecule has 0 aromatic carbocycles. The van der Waals surface area contributed by atoms with Crippen LogP contribution in [-0.4, -0.2) is 47.2 Å². The molecule has 0 bridgehead atoms. The quantitative estimate of drug-likeness (QED) is 0.929. The Balaban J connectivity index is 1.66. The summed E-state index contributed by atoms with van der Waals surface area (Å²) in [6.07, 6.45) is 7.71. The molecule has 0 unspecified atom stereocenters. The lowest BCUT2D eigenvalue weighted by molar-refractivity contribution is 0.266. The topological polar surface area (TPSA) is 79.0 Å². The number of sulfonamides is 1. The molecular weight excluding hydrogens is 300 g/mol. The first-order valence-corrected chi connectivity index (χ1v) is 9.27. The third kappa shape index (κ3) is 3.53. The van der Waals surface area contributed by atoms with Crippen molar-refractivity contribution in [3.63, 3.8) is 0 Å². The molecule has 1 fully saturated rings. The molecule has 0 radical (unpaired) electrons. The highest BCUT2D eigenvalue weighted by Gasteiger charge is 2.25. The second-order valence-electron chi connectivity index (χ2n) is 5.86. The predicted molar refractivity (Wildman–Crippen MR) is 84.7 cm³/mol. The van der Waals surface area contributed by atoms with E-state index in [-0.39, 0.29) is 0 Å². The Hall–Kier alpha value is -1.73. The van der Waals surface area contributed by atoms with Crippen molar-refractivity contribution in [2.75, 3.05) is 19.3 Å². The molecule has 0 saturated carbocycles. The number of hydrogen-bond acceptors (Lipinski definition) is 4. The summed E-state index contributed by atoms with van der Waals surface area (Å²) in [7, 11) is -3.08. The molecule has 7 heteroatoms. The first-order chi connectivity index (χ1) is 10.5. The van der Waals surface area contributed by atoms with Crippen LogP contribution in [0.3, 0.4) is 0 Å². The molecule has 118 valence electrons. The summed E-state index contributed by atoms with van der Waals surface area (Å²) in [5.74, 6) is 0.364. The fraction of sp³-hybridized carbons (Fsp3) is 0.467. The first kappa shape index (κ1) is 15.2. The Morgan fingerprint density at radius 2 is 2.23 bits per heavy atom.